The Kier molecular flexibility index (Phi) is 5.06. The summed E-state index contributed by atoms with van der Waals surface area (Å²) in [4.78, 5) is 11.2. The van der Waals surface area contributed by atoms with Gasteiger partial charge in [-0.1, -0.05) is 15.9 Å². The normalized spacial score (nSPS) is 12.3. The molecule has 0 unspecified atom stereocenters. The second-order valence-electron chi connectivity index (χ2n) is 3.72. The van der Waals surface area contributed by atoms with Gasteiger partial charge in [-0.15, -0.1) is 13.2 Å². The topological polar surface area (TPSA) is 26.3 Å². The summed E-state index contributed by atoms with van der Waals surface area (Å²) in [6.45, 7) is 0. The van der Waals surface area contributed by atoms with Crippen LogP contribution in [-0.2, 0) is 17.4 Å². The SMILES string of the molecule is O=C(CBr)Cc1cc(C(F)(F)F)ccc1OC(F)(F)F. The summed E-state index contributed by atoms with van der Waals surface area (Å²) in [5.41, 5.74) is -1.62. The molecule has 0 bridgehead atoms. The van der Waals surface area contributed by atoms with Crippen molar-refractivity contribution in [2.45, 2.75) is 19.0 Å². The third-order valence-corrected chi connectivity index (χ3v) is 2.78. The number of rotatable bonds is 4. The molecule has 9 heteroatoms. The maximum absolute atomic E-state index is 12.5. The Labute approximate surface area is 117 Å². The summed E-state index contributed by atoms with van der Waals surface area (Å²) in [5.74, 6) is -1.39. The predicted molar refractivity (Wildman–Crippen MR) is 60.6 cm³/mol. The summed E-state index contributed by atoms with van der Waals surface area (Å²) in [5, 5.41) is -0.186. The zero-order valence-corrected chi connectivity index (χ0v) is 11.2. The van der Waals surface area contributed by atoms with Crippen molar-refractivity contribution in [1.82, 2.24) is 0 Å². The Morgan fingerprint density at radius 1 is 1.15 bits per heavy atom. The summed E-state index contributed by atoms with van der Waals surface area (Å²) < 4.78 is 77.5. The molecule has 0 aliphatic heterocycles. The van der Waals surface area contributed by atoms with Crippen LogP contribution in [-0.4, -0.2) is 17.5 Å². The number of carbonyl (C=O) groups is 1. The number of Topliss-reactive ketones (excluding diaryl/α,β-unsaturated/α-hetero) is 1. The monoisotopic (exact) mass is 364 g/mol. The van der Waals surface area contributed by atoms with Gasteiger partial charge in [0.2, 0.25) is 0 Å². The third kappa shape index (κ3) is 5.03. The Morgan fingerprint density at radius 2 is 1.75 bits per heavy atom. The van der Waals surface area contributed by atoms with Gasteiger partial charge in [0.15, 0.2) is 0 Å². The van der Waals surface area contributed by atoms with Crippen LogP contribution in [0.5, 0.6) is 5.75 Å². The van der Waals surface area contributed by atoms with Crippen LogP contribution in [0.3, 0.4) is 0 Å². The Hall–Kier alpha value is -1.25. The minimum absolute atomic E-state index is 0.186. The minimum Gasteiger partial charge on any atom is -0.405 e. The number of ketones is 1. The lowest BCUT2D eigenvalue weighted by molar-refractivity contribution is -0.274. The van der Waals surface area contributed by atoms with Crippen LogP contribution in [0.4, 0.5) is 26.3 Å². The lowest BCUT2D eigenvalue weighted by atomic mass is 10.0. The van der Waals surface area contributed by atoms with Crippen LogP contribution >= 0.6 is 15.9 Å². The smallest absolute Gasteiger partial charge is 0.405 e. The molecule has 2 nitrogen and oxygen atoms in total. The van der Waals surface area contributed by atoms with E-state index in [0.717, 1.165) is 0 Å². The van der Waals surface area contributed by atoms with Crippen molar-refractivity contribution in [2.75, 3.05) is 5.33 Å². The van der Waals surface area contributed by atoms with E-state index in [9.17, 15) is 31.1 Å². The van der Waals surface area contributed by atoms with Gasteiger partial charge in [-0.2, -0.15) is 13.2 Å². The standard InChI is InChI=1S/C11H7BrF6O2/c12-5-8(19)4-6-3-7(10(13,14)15)1-2-9(6)20-11(16,17)18/h1-3H,4-5H2. The molecule has 0 aromatic heterocycles. The summed E-state index contributed by atoms with van der Waals surface area (Å²) >= 11 is 2.78. The fourth-order valence-corrected chi connectivity index (χ4v) is 1.58. The number of hydrogen-bond donors (Lipinski definition) is 0. The van der Waals surface area contributed by atoms with E-state index in [4.69, 9.17) is 0 Å². The molecule has 0 atom stereocenters. The number of ether oxygens (including phenoxy) is 1. The molecule has 0 radical (unpaired) electrons. The molecule has 1 aromatic carbocycles. The molecule has 0 aliphatic carbocycles. The van der Waals surface area contributed by atoms with Crippen LogP contribution in [0.1, 0.15) is 11.1 Å². The molecule has 0 aliphatic rings. The van der Waals surface area contributed by atoms with Gasteiger partial charge >= 0.3 is 12.5 Å². The molecule has 20 heavy (non-hydrogen) atoms. The number of halogens is 7. The second-order valence-corrected chi connectivity index (χ2v) is 4.28. The maximum Gasteiger partial charge on any atom is 0.573 e. The van der Waals surface area contributed by atoms with E-state index >= 15 is 0 Å². The summed E-state index contributed by atoms with van der Waals surface area (Å²) in [6.07, 6.45) is -10.4. The van der Waals surface area contributed by atoms with Gasteiger partial charge in [0.05, 0.1) is 10.9 Å². The zero-order chi connectivity index (χ0) is 15.6. The lowest BCUT2D eigenvalue weighted by Crippen LogP contribution is -2.19. The fraction of sp³-hybridized carbons (Fsp3) is 0.364. The van der Waals surface area contributed by atoms with E-state index in [1.807, 2.05) is 0 Å². The number of alkyl halides is 7. The van der Waals surface area contributed by atoms with Gasteiger partial charge in [0, 0.05) is 12.0 Å². The van der Waals surface area contributed by atoms with Crippen LogP contribution in [0.2, 0.25) is 0 Å². The first kappa shape index (κ1) is 16.8. The average molecular weight is 365 g/mol. The van der Waals surface area contributed by atoms with Crippen LogP contribution in [0.25, 0.3) is 0 Å². The molecule has 1 rings (SSSR count). The van der Waals surface area contributed by atoms with Crippen molar-refractivity contribution in [3.63, 3.8) is 0 Å². The van der Waals surface area contributed by atoms with Crippen molar-refractivity contribution in [3.05, 3.63) is 29.3 Å². The number of hydrogen-bond acceptors (Lipinski definition) is 2. The van der Waals surface area contributed by atoms with E-state index in [-0.39, 0.29) is 5.33 Å². The molecule has 0 amide bonds. The molecule has 112 valence electrons. The Morgan fingerprint density at radius 3 is 2.20 bits per heavy atom. The van der Waals surface area contributed by atoms with Crippen molar-refractivity contribution >= 4 is 21.7 Å². The third-order valence-electron chi connectivity index (χ3n) is 2.15. The first-order chi connectivity index (χ1) is 9.03. The van der Waals surface area contributed by atoms with Crippen LogP contribution in [0, 0.1) is 0 Å². The highest BCUT2D eigenvalue weighted by molar-refractivity contribution is 9.09. The number of benzene rings is 1. The lowest BCUT2D eigenvalue weighted by Gasteiger charge is -2.15. The molecule has 0 spiro atoms. The van der Waals surface area contributed by atoms with E-state index < -0.39 is 41.6 Å². The van der Waals surface area contributed by atoms with Gasteiger partial charge < -0.3 is 4.74 Å². The molecule has 1 aromatic rings. The van der Waals surface area contributed by atoms with E-state index in [1.165, 1.54) is 0 Å². The van der Waals surface area contributed by atoms with Crippen LogP contribution < -0.4 is 4.74 Å². The van der Waals surface area contributed by atoms with Gasteiger partial charge in [0.1, 0.15) is 11.5 Å². The van der Waals surface area contributed by atoms with Crippen molar-refractivity contribution in [2.24, 2.45) is 0 Å². The summed E-state index contributed by atoms with van der Waals surface area (Å²) in [6, 6.07) is 1.48. The van der Waals surface area contributed by atoms with Gasteiger partial charge in [-0.3, -0.25) is 4.79 Å². The zero-order valence-electron chi connectivity index (χ0n) is 9.61. The molecular weight excluding hydrogens is 358 g/mol. The maximum atomic E-state index is 12.5. The molecule has 0 N–H and O–H groups in total. The van der Waals surface area contributed by atoms with E-state index in [1.54, 1.807) is 0 Å². The largest absolute Gasteiger partial charge is 0.573 e. The minimum atomic E-state index is -5.05. The van der Waals surface area contributed by atoms with E-state index in [0.29, 0.717) is 18.2 Å². The van der Waals surface area contributed by atoms with Gasteiger partial charge in [-0.05, 0) is 18.2 Å². The molecule has 0 fully saturated rings. The highest BCUT2D eigenvalue weighted by atomic mass is 79.9. The van der Waals surface area contributed by atoms with Gasteiger partial charge in [-0.25, -0.2) is 0 Å². The fourth-order valence-electron chi connectivity index (χ4n) is 1.38. The quantitative estimate of drug-likeness (QED) is 0.593. The molecule has 0 saturated carbocycles. The van der Waals surface area contributed by atoms with Crippen molar-refractivity contribution in [1.29, 1.82) is 0 Å². The Bertz CT molecular complexity index is 495. The number of carbonyl (C=O) groups excluding carboxylic acids is 1. The second kappa shape index (κ2) is 6.02. The molecular formula is C11H7BrF6O2. The predicted octanol–water partition coefficient (Wildman–Crippen LogP) is 4.11. The van der Waals surface area contributed by atoms with Crippen LogP contribution in [0.15, 0.2) is 18.2 Å². The Balaban J connectivity index is 3.19. The average Bonchev–Trinajstić information content (AvgIpc) is 2.28. The van der Waals surface area contributed by atoms with E-state index in [2.05, 4.69) is 20.7 Å². The molecule has 0 heterocycles. The van der Waals surface area contributed by atoms with Crippen molar-refractivity contribution < 1.29 is 35.9 Å². The first-order valence-electron chi connectivity index (χ1n) is 5.06. The summed E-state index contributed by atoms with van der Waals surface area (Å²) in [7, 11) is 0. The van der Waals surface area contributed by atoms with Crippen molar-refractivity contribution in [3.8, 4) is 5.75 Å². The first-order valence-corrected chi connectivity index (χ1v) is 6.18. The molecule has 0 saturated heterocycles. The highest BCUT2D eigenvalue weighted by Gasteiger charge is 2.35. The van der Waals surface area contributed by atoms with Gasteiger partial charge in [0.25, 0.3) is 0 Å². The highest BCUT2D eigenvalue weighted by Crippen LogP contribution is 2.34.